The molecule has 0 spiro atoms. The van der Waals surface area contributed by atoms with Crippen LogP contribution in [0.4, 0.5) is 0 Å². The molecule has 0 aromatic heterocycles. The number of amides is 2. The number of carboxylic acids is 1. The van der Waals surface area contributed by atoms with Gasteiger partial charge in [0, 0.05) is 6.54 Å². The zero-order valence-electron chi connectivity index (χ0n) is 9.66. The van der Waals surface area contributed by atoms with Gasteiger partial charge in [-0.05, 0) is 19.9 Å². The van der Waals surface area contributed by atoms with Gasteiger partial charge in [-0.15, -0.1) is 0 Å². The molecule has 2 atom stereocenters. The molecule has 1 fully saturated rings. The molecule has 7 heteroatoms. The van der Waals surface area contributed by atoms with Gasteiger partial charge < -0.3 is 21.5 Å². The number of nitrogens with one attached hydrogen (secondary N) is 2. The maximum Gasteiger partial charge on any atom is 0.326 e. The van der Waals surface area contributed by atoms with Crippen molar-refractivity contribution in [3.8, 4) is 0 Å². The van der Waals surface area contributed by atoms with Crippen LogP contribution in [0.3, 0.4) is 0 Å². The maximum absolute atomic E-state index is 11.9. The Kier molecular flexibility index (Phi) is 4.06. The molecule has 1 saturated heterocycles. The molecular formula is C10H17N3O4. The van der Waals surface area contributed by atoms with E-state index in [1.54, 1.807) is 6.92 Å². The molecule has 1 aliphatic rings. The van der Waals surface area contributed by atoms with Crippen LogP contribution in [0.15, 0.2) is 0 Å². The van der Waals surface area contributed by atoms with Crippen LogP contribution in [-0.2, 0) is 14.4 Å². The summed E-state index contributed by atoms with van der Waals surface area (Å²) in [5, 5.41) is 14.2. The normalized spacial score (nSPS) is 25.2. The van der Waals surface area contributed by atoms with Crippen molar-refractivity contribution in [2.75, 3.05) is 13.1 Å². The summed E-state index contributed by atoms with van der Waals surface area (Å²) in [4.78, 5) is 33.4. The molecule has 1 aliphatic heterocycles. The van der Waals surface area contributed by atoms with Crippen molar-refractivity contribution in [1.82, 2.24) is 10.6 Å². The molecule has 17 heavy (non-hydrogen) atoms. The van der Waals surface area contributed by atoms with Gasteiger partial charge in [0.05, 0.1) is 11.8 Å². The zero-order valence-corrected chi connectivity index (χ0v) is 9.66. The van der Waals surface area contributed by atoms with E-state index in [9.17, 15) is 14.4 Å². The fourth-order valence-corrected chi connectivity index (χ4v) is 1.74. The Hall–Kier alpha value is -1.63. The van der Waals surface area contributed by atoms with Gasteiger partial charge in [0.15, 0.2) is 0 Å². The Bertz CT molecular complexity index is 336. The van der Waals surface area contributed by atoms with E-state index in [1.807, 2.05) is 0 Å². The first-order valence-electron chi connectivity index (χ1n) is 5.38. The molecule has 7 nitrogen and oxygen atoms in total. The molecule has 1 rings (SSSR count). The zero-order chi connectivity index (χ0) is 13.1. The van der Waals surface area contributed by atoms with Crippen LogP contribution < -0.4 is 16.4 Å². The molecule has 0 radical (unpaired) electrons. The lowest BCUT2D eigenvalue weighted by Gasteiger charge is -2.24. The number of carbonyl (C=O) groups is 3. The van der Waals surface area contributed by atoms with E-state index in [0.29, 0.717) is 13.0 Å². The van der Waals surface area contributed by atoms with Crippen LogP contribution in [0.2, 0.25) is 0 Å². The van der Waals surface area contributed by atoms with Crippen molar-refractivity contribution in [1.29, 1.82) is 0 Å². The van der Waals surface area contributed by atoms with E-state index >= 15 is 0 Å². The molecule has 96 valence electrons. The minimum Gasteiger partial charge on any atom is -0.480 e. The summed E-state index contributed by atoms with van der Waals surface area (Å²) in [6.07, 6.45) is 0.242. The first-order chi connectivity index (χ1) is 7.85. The minimum absolute atomic E-state index is 0.365. The van der Waals surface area contributed by atoms with Gasteiger partial charge in [-0.2, -0.15) is 0 Å². The highest BCUT2D eigenvalue weighted by Crippen LogP contribution is 2.24. The number of carbonyl (C=O) groups excluding carboxylic acids is 2. The van der Waals surface area contributed by atoms with Gasteiger partial charge in [-0.1, -0.05) is 0 Å². The van der Waals surface area contributed by atoms with Crippen molar-refractivity contribution in [2.24, 2.45) is 11.1 Å². The first-order valence-corrected chi connectivity index (χ1v) is 5.38. The second-order valence-corrected chi connectivity index (χ2v) is 4.52. The van der Waals surface area contributed by atoms with Crippen LogP contribution in [0.5, 0.6) is 0 Å². The second-order valence-electron chi connectivity index (χ2n) is 4.52. The van der Waals surface area contributed by atoms with E-state index < -0.39 is 29.8 Å². The topological polar surface area (TPSA) is 122 Å². The van der Waals surface area contributed by atoms with Crippen LogP contribution in [-0.4, -0.2) is 42.0 Å². The smallest absolute Gasteiger partial charge is 0.326 e. The third kappa shape index (κ3) is 3.42. The molecule has 5 N–H and O–H groups in total. The van der Waals surface area contributed by atoms with E-state index in [0.717, 1.165) is 6.54 Å². The lowest BCUT2D eigenvalue weighted by Crippen LogP contribution is -2.49. The van der Waals surface area contributed by atoms with Crippen LogP contribution in [0, 0.1) is 5.41 Å². The van der Waals surface area contributed by atoms with E-state index in [1.165, 1.54) is 0 Å². The SMILES string of the molecule is CC1(C(=O)N[C@H](CC(N)=O)C(=O)O)CCNC1. The maximum atomic E-state index is 11.9. The van der Waals surface area contributed by atoms with Crippen molar-refractivity contribution in [2.45, 2.75) is 25.8 Å². The molecule has 1 unspecified atom stereocenters. The molecule has 0 saturated carbocycles. The van der Waals surface area contributed by atoms with Crippen LogP contribution in [0.1, 0.15) is 19.8 Å². The fourth-order valence-electron chi connectivity index (χ4n) is 1.74. The molecule has 0 bridgehead atoms. The molecular weight excluding hydrogens is 226 g/mol. The number of nitrogens with two attached hydrogens (primary N) is 1. The lowest BCUT2D eigenvalue weighted by molar-refractivity contribution is -0.144. The summed E-state index contributed by atoms with van der Waals surface area (Å²) < 4.78 is 0. The van der Waals surface area contributed by atoms with Crippen LogP contribution >= 0.6 is 0 Å². The molecule has 0 aromatic rings. The average Bonchev–Trinajstić information content (AvgIpc) is 2.64. The van der Waals surface area contributed by atoms with Gasteiger partial charge >= 0.3 is 5.97 Å². The summed E-state index contributed by atoms with van der Waals surface area (Å²) in [5.74, 6) is -2.38. The van der Waals surface area contributed by atoms with E-state index in [-0.39, 0.29) is 5.91 Å². The second kappa shape index (κ2) is 5.13. The summed E-state index contributed by atoms with van der Waals surface area (Å²) in [6, 6.07) is -1.25. The van der Waals surface area contributed by atoms with Crippen molar-refractivity contribution < 1.29 is 19.5 Å². The number of primary amides is 1. The van der Waals surface area contributed by atoms with Crippen LogP contribution in [0.25, 0.3) is 0 Å². The fraction of sp³-hybridized carbons (Fsp3) is 0.700. The average molecular weight is 243 g/mol. The Labute approximate surface area is 98.7 Å². The lowest BCUT2D eigenvalue weighted by atomic mass is 9.88. The summed E-state index contributed by atoms with van der Waals surface area (Å²) in [7, 11) is 0. The Morgan fingerprint density at radius 1 is 1.53 bits per heavy atom. The summed E-state index contributed by atoms with van der Waals surface area (Å²) in [6.45, 7) is 2.98. The minimum atomic E-state index is -1.26. The molecule has 1 heterocycles. The number of hydrogen-bond acceptors (Lipinski definition) is 4. The summed E-state index contributed by atoms with van der Waals surface area (Å²) >= 11 is 0. The Morgan fingerprint density at radius 2 is 2.18 bits per heavy atom. The molecule has 0 aromatic carbocycles. The van der Waals surface area contributed by atoms with Gasteiger partial charge in [0.25, 0.3) is 0 Å². The first kappa shape index (κ1) is 13.4. The number of rotatable bonds is 5. The summed E-state index contributed by atoms with van der Waals surface area (Å²) in [5.41, 5.74) is 4.31. The Morgan fingerprint density at radius 3 is 2.59 bits per heavy atom. The van der Waals surface area contributed by atoms with Gasteiger partial charge in [-0.3, -0.25) is 9.59 Å². The number of aliphatic carboxylic acids is 1. The van der Waals surface area contributed by atoms with E-state index in [2.05, 4.69) is 10.6 Å². The Balaban J connectivity index is 2.63. The third-order valence-electron chi connectivity index (χ3n) is 2.93. The predicted octanol–water partition coefficient (Wildman–Crippen LogP) is -1.57. The van der Waals surface area contributed by atoms with Crippen molar-refractivity contribution in [3.63, 3.8) is 0 Å². The van der Waals surface area contributed by atoms with E-state index in [4.69, 9.17) is 10.8 Å². The van der Waals surface area contributed by atoms with Crippen molar-refractivity contribution in [3.05, 3.63) is 0 Å². The quantitative estimate of drug-likeness (QED) is 0.465. The largest absolute Gasteiger partial charge is 0.480 e. The van der Waals surface area contributed by atoms with Gasteiger partial charge in [0.2, 0.25) is 11.8 Å². The highest BCUT2D eigenvalue weighted by Gasteiger charge is 2.38. The highest BCUT2D eigenvalue weighted by molar-refractivity contribution is 5.90. The standard InChI is InChI=1S/C10H17N3O4/c1-10(2-3-12-5-10)9(17)13-6(8(15)16)4-7(11)14/h6,12H,2-5H2,1H3,(H2,11,14)(H,13,17)(H,15,16)/t6-,10?/m1/s1. The number of carboxylic acid groups (broad SMARTS) is 1. The highest BCUT2D eigenvalue weighted by atomic mass is 16.4. The third-order valence-corrected chi connectivity index (χ3v) is 2.93. The monoisotopic (exact) mass is 243 g/mol. The molecule has 2 amide bonds. The molecule has 0 aliphatic carbocycles. The van der Waals surface area contributed by atoms with Crippen molar-refractivity contribution >= 4 is 17.8 Å². The van der Waals surface area contributed by atoms with Gasteiger partial charge in [-0.25, -0.2) is 4.79 Å². The predicted molar refractivity (Wildman–Crippen MR) is 59.0 cm³/mol. The number of hydrogen-bond donors (Lipinski definition) is 4. The van der Waals surface area contributed by atoms with Gasteiger partial charge in [0.1, 0.15) is 6.04 Å².